The first-order valence-corrected chi connectivity index (χ1v) is 8.68. The number of hydrogen-bond donors (Lipinski definition) is 1. The molecular formula is C18H25ClN2O. The smallest absolute Gasteiger partial charge is 0.144 e. The van der Waals surface area contributed by atoms with Gasteiger partial charge in [0.15, 0.2) is 0 Å². The maximum Gasteiger partial charge on any atom is 0.144 e. The highest BCUT2D eigenvalue weighted by Gasteiger charge is 2.14. The summed E-state index contributed by atoms with van der Waals surface area (Å²) >= 11 is 6.10. The van der Waals surface area contributed by atoms with Crippen LogP contribution in [-0.2, 0) is 0 Å². The largest absolute Gasteiger partial charge is 0.490 e. The van der Waals surface area contributed by atoms with Crippen molar-refractivity contribution in [3.63, 3.8) is 0 Å². The Bertz CT molecular complexity index is 516. The van der Waals surface area contributed by atoms with Crippen molar-refractivity contribution >= 4 is 11.6 Å². The monoisotopic (exact) mass is 320 g/mol. The normalized spacial score (nSPS) is 17.1. The third kappa shape index (κ3) is 5.87. The first-order valence-electron chi connectivity index (χ1n) is 8.30. The molecule has 0 unspecified atom stereocenters. The van der Waals surface area contributed by atoms with E-state index in [2.05, 4.69) is 29.1 Å². The third-order valence-electron chi connectivity index (χ3n) is 3.81. The summed E-state index contributed by atoms with van der Waals surface area (Å²) in [5.41, 5.74) is 0.758. The van der Waals surface area contributed by atoms with E-state index in [9.17, 15) is 0 Å². The highest BCUT2D eigenvalue weighted by atomic mass is 35.5. The fraction of sp³-hybridized carbons (Fsp3) is 0.611. The molecule has 0 aromatic carbocycles. The lowest BCUT2D eigenvalue weighted by Crippen LogP contribution is -2.28. The van der Waals surface area contributed by atoms with Gasteiger partial charge < -0.3 is 10.1 Å². The minimum Gasteiger partial charge on any atom is -0.490 e. The van der Waals surface area contributed by atoms with Gasteiger partial charge in [0.25, 0.3) is 0 Å². The second kappa shape index (κ2) is 9.71. The van der Waals surface area contributed by atoms with Crippen molar-refractivity contribution in [1.82, 2.24) is 10.3 Å². The van der Waals surface area contributed by atoms with Crippen LogP contribution in [-0.4, -0.2) is 24.2 Å². The highest BCUT2D eigenvalue weighted by Crippen LogP contribution is 2.19. The summed E-state index contributed by atoms with van der Waals surface area (Å²) in [6, 6.07) is 2.34. The molecule has 2 rings (SSSR count). The van der Waals surface area contributed by atoms with Gasteiger partial charge in [-0.25, -0.2) is 4.98 Å². The summed E-state index contributed by atoms with van der Waals surface area (Å²) in [6.07, 6.45) is 9.90. The molecule has 0 spiro atoms. The minimum absolute atomic E-state index is 0.448. The third-order valence-corrected chi connectivity index (χ3v) is 4.11. The van der Waals surface area contributed by atoms with Gasteiger partial charge in [-0.3, -0.25) is 0 Å². The van der Waals surface area contributed by atoms with Crippen molar-refractivity contribution in [2.75, 3.05) is 13.2 Å². The van der Waals surface area contributed by atoms with E-state index in [-0.39, 0.29) is 0 Å². The Morgan fingerprint density at radius 3 is 3.09 bits per heavy atom. The molecule has 1 aliphatic rings. The molecule has 0 bridgehead atoms. The zero-order valence-corrected chi connectivity index (χ0v) is 14.1. The second-order valence-corrected chi connectivity index (χ2v) is 6.08. The van der Waals surface area contributed by atoms with Gasteiger partial charge in [0.2, 0.25) is 0 Å². The summed E-state index contributed by atoms with van der Waals surface area (Å²) in [5.74, 6) is 7.05. The van der Waals surface area contributed by atoms with Gasteiger partial charge in [-0.15, -0.1) is 0 Å². The number of hydrogen-bond acceptors (Lipinski definition) is 3. The topological polar surface area (TPSA) is 34.1 Å². The molecule has 2 heterocycles. The molecule has 22 heavy (non-hydrogen) atoms. The van der Waals surface area contributed by atoms with E-state index in [1.807, 2.05) is 6.07 Å². The van der Waals surface area contributed by atoms with Crippen LogP contribution in [0.3, 0.4) is 0 Å². The van der Waals surface area contributed by atoms with Gasteiger partial charge in [0.05, 0.1) is 11.8 Å². The summed E-state index contributed by atoms with van der Waals surface area (Å²) in [6.45, 7) is 3.97. The van der Waals surface area contributed by atoms with Crippen LogP contribution < -0.4 is 10.1 Å². The maximum atomic E-state index is 6.10. The van der Waals surface area contributed by atoms with Gasteiger partial charge >= 0.3 is 0 Å². The van der Waals surface area contributed by atoms with E-state index < -0.39 is 0 Å². The summed E-state index contributed by atoms with van der Waals surface area (Å²) in [5, 5.41) is 3.86. The standard InChI is InChI=1S/C18H25ClN2O/c1-2-3-4-5-6-7-9-15-12-17(13-21-18(15)19)22-14-16-10-8-11-20-16/h12-13,16,20H,2-6,8,10-11,14H2,1H3/t16-/m1/s1. The van der Waals surface area contributed by atoms with Crippen molar-refractivity contribution in [3.05, 3.63) is 23.0 Å². The average Bonchev–Trinajstić information content (AvgIpc) is 3.04. The van der Waals surface area contributed by atoms with E-state index in [1.54, 1.807) is 6.20 Å². The summed E-state index contributed by atoms with van der Waals surface area (Å²) < 4.78 is 5.79. The molecule has 120 valence electrons. The maximum absolute atomic E-state index is 6.10. The summed E-state index contributed by atoms with van der Waals surface area (Å²) in [4.78, 5) is 4.17. The minimum atomic E-state index is 0.448. The lowest BCUT2D eigenvalue weighted by Gasteiger charge is -2.12. The van der Waals surface area contributed by atoms with E-state index in [0.717, 1.165) is 30.7 Å². The molecule has 0 radical (unpaired) electrons. The van der Waals surface area contributed by atoms with E-state index in [0.29, 0.717) is 17.8 Å². The zero-order valence-electron chi connectivity index (χ0n) is 13.3. The number of nitrogens with zero attached hydrogens (tertiary/aromatic N) is 1. The molecule has 1 fully saturated rings. The number of aromatic nitrogens is 1. The Balaban J connectivity index is 1.84. The Morgan fingerprint density at radius 1 is 1.41 bits per heavy atom. The molecule has 4 heteroatoms. The number of ether oxygens (including phenoxy) is 1. The van der Waals surface area contributed by atoms with Gasteiger partial charge in [-0.1, -0.05) is 49.6 Å². The molecule has 3 nitrogen and oxygen atoms in total. The van der Waals surface area contributed by atoms with Crippen LogP contribution in [0.2, 0.25) is 5.15 Å². The number of nitrogens with one attached hydrogen (secondary N) is 1. The highest BCUT2D eigenvalue weighted by molar-refractivity contribution is 6.30. The second-order valence-electron chi connectivity index (χ2n) is 5.73. The Kier molecular flexibility index (Phi) is 7.56. The number of halogens is 1. The van der Waals surface area contributed by atoms with E-state index >= 15 is 0 Å². The zero-order chi connectivity index (χ0) is 15.6. The van der Waals surface area contributed by atoms with E-state index in [4.69, 9.17) is 16.3 Å². The van der Waals surface area contributed by atoms with Crippen LogP contribution in [0.4, 0.5) is 0 Å². The van der Waals surface area contributed by atoms with Crippen molar-refractivity contribution in [2.24, 2.45) is 0 Å². The Labute approximate surface area is 138 Å². The van der Waals surface area contributed by atoms with Gasteiger partial charge in [-0.2, -0.15) is 0 Å². The quantitative estimate of drug-likeness (QED) is 0.465. The van der Waals surface area contributed by atoms with Gasteiger partial charge in [0.1, 0.15) is 17.5 Å². The molecule has 1 aliphatic heterocycles. The summed E-state index contributed by atoms with van der Waals surface area (Å²) in [7, 11) is 0. The molecular weight excluding hydrogens is 296 g/mol. The Hall–Kier alpha value is -1.24. The number of unbranched alkanes of at least 4 members (excludes halogenated alkanes) is 4. The molecule has 0 saturated carbocycles. The molecule has 1 saturated heterocycles. The van der Waals surface area contributed by atoms with Crippen LogP contribution >= 0.6 is 11.6 Å². The first kappa shape index (κ1) is 17.1. The molecule has 1 aromatic rings. The predicted molar refractivity (Wildman–Crippen MR) is 91.4 cm³/mol. The van der Waals surface area contributed by atoms with Crippen molar-refractivity contribution in [2.45, 2.75) is 57.9 Å². The van der Waals surface area contributed by atoms with Crippen molar-refractivity contribution in [1.29, 1.82) is 0 Å². The van der Waals surface area contributed by atoms with Crippen molar-refractivity contribution < 1.29 is 4.74 Å². The van der Waals surface area contributed by atoms with E-state index in [1.165, 1.54) is 32.1 Å². The molecule has 0 aliphatic carbocycles. The Morgan fingerprint density at radius 2 is 2.32 bits per heavy atom. The molecule has 0 amide bonds. The van der Waals surface area contributed by atoms with Crippen LogP contribution in [0.1, 0.15) is 57.4 Å². The lowest BCUT2D eigenvalue weighted by molar-refractivity contribution is 0.276. The van der Waals surface area contributed by atoms with Crippen LogP contribution in [0, 0.1) is 11.8 Å². The molecule has 1 atom stereocenters. The van der Waals surface area contributed by atoms with Gasteiger partial charge in [0, 0.05) is 18.5 Å². The van der Waals surface area contributed by atoms with Crippen LogP contribution in [0.25, 0.3) is 0 Å². The van der Waals surface area contributed by atoms with Crippen LogP contribution in [0.15, 0.2) is 12.3 Å². The van der Waals surface area contributed by atoms with Gasteiger partial charge in [-0.05, 0) is 25.8 Å². The first-order chi connectivity index (χ1) is 10.8. The average molecular weight is 321 g/mol. The fourth-order valence-corrected chi connectivity index (χ4v) is 2.64. The number of rotatable bonds is 7. The SMILES string of the molecule is CCCCCCC#Cc1cc(OC[C@H]2CCCN2)cnc1Cl. The lowest BCUT2D eigenvalue weighted by atomic mass is 10.1. The molecule has 1 N–H and O–H groups in total. The van der Waals surface area contributed by atoms with Crippen molar-refractivity contribution in [3.8, 4) is 17.6 Å². The fourth-order valence-electron chi connectivity index (χ4n) is 2.49. The molecule has 1 aromatic heterocycles. The predicted octanol–water partition coefficient (Wildman–Crippen LogP) is 4.19. The van der Waals surface area contributed by atoms with Crippen LogP contribution in [0.5, 0.6) is 5.75 Å². The number of pyridine rings is 1.